The van der Waals surface area contributed by atoms with Crippen LogP contribution in [0, 0.1) is 12.7 Å². The van der Waals surface area contributed by atoms with Gasteiger partial charge in [-0.05, 0) is 24.6 Å². The van der Waals surface area contributed by atoms with Crippen molar-refractivity contribution >= 4 is 23.1 Å². The summed E-state index contributed by atoms with van der Waals surface area (Å²) in [6, 6.07) is 4.16. The molecule has 0 spiro atoms. The van der Waals surface area contributed by atoms with E-state index in [0.717, 1.165) is 0 Å². The molecular weight excluding hydrogens is 373 g/mol. The molecule has 1 aliphatic rings. The minimum absolute atomic E-state index is 0.0664. The van der Waals surface area contributed by atoms with Gasteiger partial charge in [0.1, 0.15) is 22.4 Å². The Morgan fingerprint density at radius 1 is 1.30 bits per heavy atom. The molecule has 3 heterocycles. The molecule has 0 atom stereocenters. The maximum atomic E-state index is 13.6. The molecule has 0 saturated carbocycles. The van der Waals surface area contributed by atoms with Gasteiger partial charge in [-0.1, -0.05) is 17.7 Å². The minimum atomic E-state index is -0.458. The lowest BCUT2D eigenvalue weighted by Gasteiger charge is -2.30. The molecule has 0 amide bonds. The number of hydrogen-bond acceptors (Lipinski definition) is 5. The number of halogens is 2. The molecule has 2 aromatic heterocycles. The van der Waals surface area contributed by atoms with Crippen LogP contribution in [-0.2, 0) is 13.1 Å². The fraction of sp³-hybridized carbons (Fsp3) is 0.222. The van der Waals surface area contributed by atoms with Crippen LogP contribution in [0.4, 0.5) is 10.1 Å². The minimum Gasteiger partial charge on any atom is -0.360 e. The highest BCUT2D eigenvalue weighted by molar-refractivity contribution is 6.33. The number of hydrogen-bond donors (Lipinski definition) is 1. The first-order valence-corrected chi connectivity index (χ1v) is 8.67. The molecule has 1 aliphatic heterocycles. The number of carbonyl (C=O) groups excluding carboxylic acids is 1. The quantitative estimate of drug-likeness (QED) is 0.697. The average molecular weight is 388 g/mol. The third kappa shape index (κ3) is 3.02. The second-order valence-corrected chi connectivity index (χ2v) is 6.70. The zero-order chi connectivity index (χ0) is 19.1. The normalized spacial score (nSPS) is 13.5. The lowest BCUT2D eigenvalue weighted by atomic mass is 10.0. The summed E-state index contributed by atoms with van der Waals surface area (Å²) in [5.74, 6) is -0.0602. The zero-order valence-electron chi connectivity index (χ0n) is 14.4. The summed E-state index contributed by atoms with van der Waals surface area (Å²) in [6.45, 7) is 3.15. The highest BCUT2D eigenvalue weighted by Gasteiger charge is 2.26. The van der Waals surface area contributed by atoms with Crippen molar-refractivity contribution in [2.45, 2.75) is 20.0 Å². The van der Waals surface area contributed by atoms with Gasteiger partial charge in [0.05, 0.1) is 24.6 Å². The number of benzene rings is 1. The number of H-pyrrole nitrogens is 1. The van der Waals surface area contributed by atoms with E-state index in [9.17, 15) is 14.0 Å². The van der Waals surface area contributed by atoms with E-state index in [4.69, 9.17) is 11.6 Å². The number of rotatable bonds is 3. The maximum absolute atomic E-state index is 13.6. The molecule has 0 radical (unpaired) electrons. The molecule has 1 aromatic carbocycles. The summed E-state index contributed by atoms with van der Waals surface area (Å²) in [5.41, 5.74) is 1.50. The first-order chi connectivity index (χ1) is 13.0. The van der Waals surface area contributed by atoms with E-state index >= 15 is 0 Å². The molecule has 7 nitrogen and oxygen atoms in total. The van der Waals surface area contributed by atoms with Gasteiger partial charge in [0.25, 0.3) is 5.56 Å². The summed E-state index contributed by atoms with van der Waals surface area (Å²) >= 11 is 6.08. The molecule has 0 bridgehead atoms. The number of aromatic amines is 1. The van der Waals surface area contributed by atoms with Crippen molar-refractivity contribution < 1.29 is 9.18 Å². The SMILES string of the molecule is Cc1ccc(F)cc1C(=O)c1cnc2n1CCN(c1cn[nH]c(=O)c1Cl)C2. The third-order valence-electron chi connectivity index (χ3n) is 4.66. The van der Waals surface area contributed by atoms with Crippen molar-refractivity contribution in [3.05, 3.63) is 74.4 Å². The molecule has 0 unspecified atom stereocenters. The summed E-state index contributed by atoms with van der Waals surface area (Å²) in [7, 11) is 0. The summed E-state index contributed by atoms with van der Waals surface area (Å²) in [5, 5.41) is 6.14. The van der Waals surface area contributed by atoms with Gasteiger partial charge in [-0.25, -0.2) is 14.5 Å². The Labute approximate surface area is 158 Å². The summed E-state index contributed by atoms with van der Waals surface area (Å²) < 4.78 is 15.4. The van der Waals surface area contributed by atoms with Crippen LogP contribution < -0.4 is 10.5 Å². The highest BCUT2D eigenvalue weighted by atomic mass is 35.5. The lowest BCUT2D eigenvalue weighted by Crippen LogP contribution is -2.36. The topological polar surface area (TPSA) is 83.9 Å². The Balaban J connectivity index is 1.66. The number of carbonyl (C=O) groups is 1. The van der Waals surface area contributed by atoms with Gasteiger partial charge in [0.15, 0.2) is 0 Å². The van der Waals surface area contributed by atoms with Gasteiger partial charge < -0.3 is 9.47 Å². The van der Waals surface area contributed by atoms with Gasteiger partial charge in [0.2, 0.25) is 5.78 Å². The number of aryl methyl sites for hydroxylation is 1. The van der Waals surface area contributed by atoms with Crippen LogP contribution in [0.15, 0.2) is 35.4 Å². The van der Waals surface area contributed by atoms with E-state index in [0.29, 0.717) is 48.0 Å². The van der Waals surface area contributed by atoms with Gasteiger partial charge in [-0.2, -0.15) is 5.10 Å². The second kappa shape index (κ2) is 6.62. The van der Waals surface area contributed by atoms with Crippen LogP contribution in [0.1, 0.15) is 27.4 Å². The van der Waals surface area contributed by atoms with Crippen LogP contribution in [-0.4, -0.2) is 32.1 Å². The predicted molar refractivity (Wildman–Crippen MR) is 97.7 cm³/mol. The van der Waals surface area contributed by atoms with Crippen molar-refractivity contribution in [3.8, 4) is 0 Å². The van der Waals surface area contributed by atoms with E-state index in [1.807, 2.05) is 9.47 Å². The van der Waals surface area contributed by atoms with Crippen molar-refractivity contribution in [2.24, 2.45) is 0 Å². The number of ketones is 1. The van der Waals surface area contributed by atoms with E-state index in [1.165, 1.54) is 24.5 Å². The van der Waals surface area contributed by atoms with Gasteiger partial charge in [-0.3, -0.25) is 9.59 Å². The number of anilines is 1. The fourth-order valence-electron chi connectivity index (χ4n) is 3.22. The standard InChI is InChI=1S/C18H15ClFN5O2/c1-10-2-3-11(20)6-12(10)17(26)14-7-21-15-9-24(4-5-25(14)15)13-8-22-23-18(27)16(13)19/h2-3,6-8H,4-5,9H2,1H3,(H,23,27). The first-order valence-electron chi connectivity index (χ1n) is 8.29. The molecule has 0 fully saturated rings. The molecule has 9 heteroatoms. The van der Waals surface area contributed by atoms with Crippen LogP contribution in [0.5, 0.6) is 0 Å². The number of aromatic nitrogens is 4. The first kappa shape index (κ1) is 17.4. The summed E-state index contributed by atoms with van der Waals surface area (Å²) in [6.07, 6.45) is 2.99. The Bertz CT molecular complexity index is 1110. The molecular formula is C18H15ClFN5O2. The zero-order valence-corrected chi connectivity index (χ0v) is 15.1. The largest absolute Gasteiger partial charge is 0.360 e. The molecule has 27 heavy (non-hydrogen) atoms. The number of fused-ring (bicyclic) bond motifs is 1. The summed E-state index contributed by atoms with van der Waals surface area (Å²) in [4.78, 5) is 30.8. The number of nitrogens with zero attached hydrogens (tertiary/aromatic N) is 4. The van der Waals surface area contributed by atoms with Crippen molar-refractivity contribution in [1.82, 2.24) is 19.7 Å². The molecule has 3 aromatic rings. The Morgan fingerprint density at radius 3 is 2.93 bits per heavy atom. The average Bonchev–Trinajstić information content (AvgIpc) is 3.08. The third-order valence-corrected chi connectivity index (χ3v) is 5.02. The number of imidazole rings is 1. The van der Waals surface area contributed by atoms with Gasteiger partial charge in [-0.15, -0.1) is 0 Å². The van der Waals surface area contributed by atoms with Crippen molar-refractivity contribution in [2.75, 3.05) is 11.4 Å². The molecule has 0 saturated heterocycles. The molecule has 138 valence electrons. The van der Waals surface area contributed by atoms with Crippen LogP contribution in [0.25, 0.3) is 0 Å². The Kier molecular flexibility index (Phi) is 4.27. The second-order valence-electron chi connectivity index (χ2n) is 6.32. The predicted octanol–water partition coefficient (Wildman–Crippen LogP) is 2.32. The van der Waals surface area contributed by atoms with E-state index in [2.05, 4.69) is 15.2 Å². The van der Waals surface area contributed by atoms with Gasteiger partial charge >= 0.3 is 0 Å². The maximum Gasteiger partial charge on any atom is 0.285 e. The van der Waals surface area contributed by atoms with E-state index in [-0.39, 0.29) is 10.8 Å². The van der Waals surface area contributed by atoms with Gasteiger partial charge in [0, 0.05) is 18.7 Å². The molecule has 1 N–H and O–H groups in total. The van der Waals surface area contributed by atoms with Crippen LogP contribution in [0.2, 0.25) is 5.02 Å². The van der Waals surface area contributed by atoms with Crippen LogP contribution in [0.3, 0.4) is 0 Å². The smallest absolute Gasteiger partial charge is 0.285 e. The molecule has 0 aliphatic carbocycles. The van der Waals surface area contributed by atoms with E-state index in [1.54, 1.807) is 13.0 Å². The highest BCUT2D eigenvalue weighted by Crippen LogP contribution is 2.26. The molecule has 4 rings (SSSR count). The van der Waals surface area contributed by atoms with Crippen molar-refractivity contribution in [1.29, 1.82) is 0 Å². The number of nitrogens with one attached hydrogen (secondary N) is 1. The van der Waals surface area contributed by atoms with E-state index < -0.39 is 11.4 Å². The van der Waals surface area contributed by atoms with Crippen molar-refractivity contribution in [3.63, 3.8) is 0 Å². The fourth-order valence-corrected chi connectivity index (χ4v) is 3.43. The lowest BCUT2D eigenvalue weighted by molar-refractivity contribution is 0.102. The Morgan fingerprint density at radius 2 is 2.11 bits per heavy atom. The van der Waals surface area contributed by atoms with Crippen LogP contribution >= 0.6 is 11.6 Å². The Hall–Kier alpha value is -3.00. The monoisotopic (exact) mass is 387 g/mol.